The standard InChI is InChI=1S/C21H28N4O3/c1-23(2)20(27)14-25-12-11-16(19(26)13-25)22-21(28)18-10-9-17(24(18)3)15-7-5-4-6-8-15/h4-10,16,19,26H,11-14H2,1-3H3,(H,22,28)/t16-,19-/m1/s1. The fraction of sp³-hybridized carbons (Fsp3) is 0.429. The molecule has 0 saturated carbocycles. The highest BCUT2D eigenvalue weighted by Gasteiger charge is 2.30. The van der Waals surface area contributed by atoms with Crippen LogP contribution in [-0.2, 0) is 11.8 Å². The molecule has 7 heteroatoms. The molecule has 28 heavy (non-hydrogen) atoms. The third-order valence-electron chi connectivity index (χ3n) is 5.26. The van der Waals surface area contributed by atoms with Crippen LogP contribution >= 0.6 is 0 Å². The van der Waals surface area contributed by atoms with E-state index in [1.807, 2.05) is 52.9 Å². The van der Waals surface area contributed by atoms with Crippen molar-refractivity contribution in [1.29, 1.82) is 0 Å². The number of nitrogens with zero attached hydrogens (tertiary/aromatic N) is 3. The second-order valence-electron chi connectivity index (χ2n) is 7.49. The third-order valence-corrected chi connectivity index (χ3v) is 5.26. The fourth-order valence-electron chi connectivity index (χ4n) is 3.52. The van der Waals surface area contributed by atoms with Crippen molar-refractivity contribution in [2.75, 3.05) is 33.7 Å². The molecule has 2 aromatic rings. The molecule has 3 rings (SSSR count). The molecular weight excluding hydrogens is 356 g/mol. The second kappa shape index (κ2) is 8.58. The van der Waals surface area contributed by atoms with E-state index in [4.69, 9.17) is 0 Å². The largest absolute Gasteiger partial charge is 0.390 e. The smallest absolute Gasteiger partial charge is 0.268 e. The van der Waals surface area contributed by atoms with E-state index >= 15 is 0 Å². The lowest BCUT2D eigenvalue weighted by Gasteiger charge is -2.36. The summed E-state index contributed by atoms with van der Waals surface area (Å²) < 4.78 is 1.86. The summed E-state index contributed by atoms with van der Waals surface area (Å²) in [6.07, 6.45) is -0.106. The van der Waals surface area contributed by atoms with Crippen molar-refractivity contribution in [1.82, 2.24) is 19.7 Å². The van der Waals surface area contributed by atoms with Crippen LogP contribution in [0.3, 0.4) is 0 Å². The quantitative estimate of drug-likeness (QED) is 0.805. The minimum Gasteiger partial charge on any atom is -0.390 e. The molecule has 0 radical (unpaired) electrons. The van der Waals surface area contributed by atoms with Gasteiger partial charge in [0.2, 0.25) is 5.91 Å². The zero-order valence-corrected chi connectivity index (χ0v) is 16.6. The number of aliphatic hydroxyl groups is 1. The highest BCUT2D eigenvalue weighted by molar-refractivity contribution is 5.94. The Morgan fingerprint density at radius 1 is 1.18 bits per heavy atom. The lowest BCUT2D eigenvalue weighted by Crippen LogP contribution is -2.55. The number of piperidine rings is 1. The van der Waals surface area contributed by atoms with Crippen LogP contribution in [0.5, 0.6) is 0 Å². The van der Waals surface area contributed by atoms with Crippen LogP contribution in [0, 0.1) is 0 Å². The number of amides is 2. The summed E-state index contributed by atoms with van der Waals surface area (Å²) >= 11 is 0. The number of aliphatic hydroxyl groups excluding tert-OH is 1. The lowest BCUT2D eigenvalue weighted by atomic mass is 10.0. The molecule has 2 heterocycles. The van der Waals surface area contributed by atoms with Crippen molar-refractivity contribution >= 4 is 11.8 Å². The molecule has 1 aromatic carbocycles. The van der Waals surface area contributed by atoms with Gasteiger partial charge in [-0.25, -0.2) is 0 Å². The Balaban J connectivity index is 1.61. The fourth-order valence-corrected chi connectivity index (χ4v) is 3.52. The first-order valence-corrected chi connectivity index (χ1v) is 9.49. The molecule has 0 bridgehead atoms. The van der Waals surface area contributed by atoms with Crippen LogP contribution in [0.2, 0.25) is 0 Å². The minimum atomic E-state index is -0.707. The van der Waals surface area contributed by atoms with Crippen molar-refractivity contribution in [3.63, 3.8) is 0 Å². The highest BCUT2D eigenvalue weighted by atomic mass is 16.3. The molecule has 1 aromatic heterocycles. The number of hydrogen-bond donors (Lipinski definition) is 2. The van der Waals surface area contributed by atoms with E-state index in [-0.39, 0.29) is 24.4 Å². The number of likely N-dealkylation sites (tertiary alicyclic amines) is 1. The Labute approximate surface area is 165 Å². The maximum absolute atomic E-state index is 12.8. The van der Waals surface area contributed by atoms with Crippen LogP contribution in [0.25, 0.3) is 11.3 Å². The molecule has 1 aliphatic rings. The van der Waals surface area contributed by atoms with Crippen LogP contribution in [0.15, 0.2) is 42.5 Å². The molecule has 0 spiro atoms. The summed E-state index contributed by atoms with van der Waals surface area (Å²) in [5.41, 5.74) is 2.56. The average molecular weight is 384 g/mol. The normalized spacial score (nSPS) is 20.0. The van der Waals surface area contributed by atoms with Crippen molar-refractivity contribution in [3.05, 3.63) is 48.2 Å². The first kappa shape index (κ1) is 20.1. The first-order chi connectivity index (χ1) is 13.4. The van der Waals surface area contributed by atoms with Gasteiger partial charge in [0.25, 0.3) is 5.91 Å². The molecule has 0 aliphatic carbocycles. The molecule has 1 aliphatic heterocycles. The molecular formula is C21H28N4O3. The number of β-amino-alcohol motifs (C(OH)–C–C–N with tert-alkyl or cyclic N) is 1. The van der Waals surface area contributed by atoms with Gasteiger partial charge in [0.05, 0.1) is 18.7 Å². The van der Waals surface area contributed by atoms with Crippen LogP contribution in [0.1, 0.15) is 16.9 Å². The third kappa shape index (κ3) is 4.43. The Morgan fingerprint density at radius 3 is 2.54 bits per heavy atom. The van der Waals surface area contributed by atoms with Crippen molar-refractivity contribution in [2.24, 2.45) is 7.05 Å². The van der Waals surface area contributed by atoms with Gasteiger partial charge in [0.1, 0.15) is 5.69 Å². The summed E-state index contributed by atoms with van der Waals surface area (Å²) in [4.78, 5) is 28.1. The second-order valence-corrected chi connectivity index (χ2v) is 7.49. The van der Waals surface area contributed by atoms with Gasteiger partial charge in [-0.2, -0.15) is 0 Å². The lowest BCUT2D eigenvalue weighted by molar-refractivity contribution is -0.130. The van der Waals surface area contributed by atoms with E-state index < -0.39 is 6.10 Å². The number of likely N-dealkylation sites (N-methyl/N-ethyl adjacent to an activating group) is 1. The van der Waals surface area contributed by atoms with Gasteiger partial charge < -0.3 is 19.9 Å². The summed E-state index contributed by atoms with van der Waals surface area (Å²) in [7, 11) is 5.30. The molecule has 2 amide bonds. The minimum absolute atomic E-state index is 0.00642. The van der Waals surface area contributed by atoms with Gasteiger partial charge in [-0.15, -0.1) is 0 Å². The van der Waals surface area contributed by atoms with Gasteiger partial charge in [-0.1, -0.05) is 30.3 Å². The average Bonchev–Trinajstić information content (AvgIpc) is 3.06. The Morgan fingerprint density at radius 2 is 1.89 bits per heavy atom. The van der Waals surface area contributed by atoms with E-state index in [0.717, 1.165) is 11.3 Å². The number of rotatable bonds is 5. The maximum atomic E-state index is 12.8. The van der Waals surface area contributed by atoms with Crippen LogP contribution < -0.4 is 5.32 Å². The van der Waals surface area contributed by atoms with E-state index in [1.54, 1.807) is 25.1 Å². The van der Waals surface area contributed by atoms with Gasteiger partial charge >= 0.3 is 0 Å². The molecule has 7 nitrogen and oxygen atoms in total. The van der Waals surface area contributed by atoms with Crippen molar-refractivity contribution < 1.29 is 14.7 Å². The Bertz CT molecular complexity index is 831. The van der Waals surface area contributed by atoms with E-state index in [1.165, 1.54) is 0 Å². The molecule has 2 N–H and O–H groups in total. The predicted molar refractivity (Wildman–Crippen MR) is 108 cm³/mol. The zero-order valence-electron chi connectivity index (χ0n) is 16.6. The topological polar surface area (TPSA) is 77.8 Å². The summed E-state index contributed by atoms with van der Waals surface area (Å²) in [6, 6.07) is 13.3. The Hall–Kier alpha value is -2.64. The number of carbonyl (C=O) groups is 2. The Kier molecular flexibility index (Phi) is 6.16. The van der Waals surface area contributed by atoms with Gasteiger partial charge in [-0.05, 0) is 24.1 Å². The van der Waals surface area contributed by atoms with E-state index in [2.05, 4.69) is 5.32 Å². The summed E-state index contributed by atoms with van der Waals surface area (Å²) in [5.74, 6) is -0.196. The molecule has 1 fully saturated rings. The number of nitrogens with one attached hydrogen (secondary N) is 1. The molecule has 0 unspecified atom stereocenters. The molecule has 2 atom stereocenters. The monoisotopic (exact) mass is 384 g/mol. The summed E-state index contributed by atoms with van der Waals surface area (Å²) in [5, 5.41) is 13.4. The van der Waals surface area contributed by atoms with Gasteiger partial charge in [0.15, 0.2) is 0 Å². The van der Waals surface area contributed by atoms with Crippen molar-refractivity contribution in [3.8, 4) is 11.3 Å². The highest BCUT2D eigenvalue weighted by Crippen LogP contribution is 2.21. The number of aromatic nitrogens is 1. The SMILES string of the molecule is CN(C)C(=O)CN1CC[C@@H](NC(=O)c2ccc(-c3ccccc3)n2C)[C@H](O)C1. The van der Waals surface area contributed by atoms with Gasteiger partial charge in [0, 0.05) is 39.9 Å². The number of hydrogen-bond acceptors (Lipinski definition) is 4. The number of carbonyl (C=O) groups excluding carboxylic acids is 2. The maximum Gasteiger partial charge on any atom is 0.268 e. The summed E-state index contributed by atoms with van der Waals surface area (Å²) in [6.45, 7) is 1.31. The van der Waals surface area contributed by atoms with E-state index in [0.29, 0.717) is 25.2 Å². The van der Waals surface area contributed by atoms with Crippen LogP contribution in [-0.4, -0.2) is 77.2 Å². The molecule has 150 valence electrons. The van der Waals surface area contributed by atoms with Gasteiger partial charge in [-0.3, -0.25) is 14.5 Å². The first-order valence-electron chi connectivity index (χ1n) is 9.49. The van der Waals surface area contributed by atoms with E-state index in [9.17, 15) is 14.7 Å². The van der Waals surface area contributed by atoms with Crippen LogP contribution in [0.4, 0.5) is 0 Å². The molecule has 1 saturated heterocycles. The number of benzene rings is 1. The van der Waals surface area contributed by atoms with Crippen molar-refractivity contribution in [2.45, 2.75) is 18.6 Å². The zero-order chi connectivity index (χ0) is 20.3. The predicted octanol–water partition coefficient (Wildman–Crippen LogP) is 0.945.